The molecule has 0 saturated heterocycles. The van der Waals surface area contributed by atoms with Crippen LogP contribution in [-0.2, 0) is 0 Å². The van der Waals surface area contributed by atoms with Crippen molar-refractivity contribution in [3.05, 3.63) is 46.8 Å². The predicted molar refractivity (Wildman–Crippen MR) is 92.2 cm³/mol. The zero-order valence-electron chi connectivity index (χ0n) is 14.7. The van der Waals surface area contributed by atoms with Gasteiger partial charge in [0.1, 0.15) is 11.5 Å². The molecule has 2 amide bonds. The second-order valence-corrected chi connectivity index (χ2v) is 5.83. The van der Waals surface area contributed by atoms with Crippen LogP contribution in [0.4, 0.5) is 4.79 Å². The van der Waals surface area contributed by atoms with Crippen molar-refractivity contribution in [1.29, 1.82) is 0 Å². The molecule has 1 atom stereocenters. The zero-order chi connectivity index (χ0) is 17.5. The molecule has 0 radical (unpaired) electrons. The molecule has 0 aliphatic rings. The SMILES string of the molecule is Cc1ccccc1OCCCNC(=O)NC(C)c1c(C)noc1C. The lowest BCUT2D eigenvalue weighted by Crippen LogP contribution is -2.38. The number of aryl methyl sites for hydroxylation is 3. The molecule has 0 fully saturated rings. The van der Waals surface area contributed by atoms with E-state index in [1.807, 2.05) is 52.0 Å². The summed E-state index contributed by atoms with van der Waals surface area (Å²) in [6, 6.07) is 7.52. The van der Waals surface area contributed by atoms with E-state index < -0.39 is 0 Å². The average molecular weight is 331 g/mol. The number of hydrogen-bond donors (Lipinski definition) is 2. The van der Waals surface area contributed by atoms with E-state index in [0.717, 1.165) is 34.8 Å². The third-order valence-electron chi connectivity index (χ3n) is 3.83. The first-order valence-corrected chi connectivity index (χ1v) is 8.14. The molecule has 0 aliphatic heterocycles. The number of nitrogens with one attached hydrogen (secondary N) is 2. The normalized spacial score (nSPS) is 11.8. The number of para-hydroxylation sites is 1. The van der Waals surface area contributed by atoms with Crippen LogP contribution in [0.2, 0.25) is 0 Å². The molecular weight excluding hydrogens is 306 g/mol. The fourth-order valence-corrected chi connectivity index (χ4v) is 2.60. The van der Waals surface area contributed by atoms with Gasteiger partial charge in [-0.2, -0.15) is 0 Å². The smallest absolute Gasteiger partial charge is 0.315 e. The molecule has 1 aromatic heterocycles. The Morgan fingerprint density at radius 2 is 2.04 bits per heavy atom. The Hall–Kier alpha value is -2.50. The molecule has 0 bridgehead atoms. The van der Waals surface area contributed by atoms with Crippen molar-refractivity contribution in [3.63, 3.8) is 0 Å². The maximum absolute atomic E-state index is 11.9. The quantitative estimate of drug-likeness (QED) is 0.762. The third kappa shape index (κ3) is 4.75. The highest BCUT2D eigenvalue weighted by molar-refractivity contribution is 5.74. The molecule has 1 aromatic carbocycles. The van der Waals surface area contributed by atoms with Gasteiger partial charge >= 0.3 is 6.03 Å². The van der Waals surface area contributed by atoms with Crippen molar-refractivity contribution >= 4 is 6.03 Å². The average Bonchev–Trinajstić information content (AvgIpc) is 2.87. The van der Waals surface area contributed by atoms with Crippen LogP contribution in [0.1, 0.15) is 42.0 Å². The summed E-state index contributed by atoms with van der Waals surface area (Å²) in [6.07, 6.45) is 0.738. The predicted octanol–water partition coefficient (Wildman–Crippen LogP) is 3.43. The van der Waals surface area contributed by atoms with Crippen molar-refractivity contribution in [3.8, 4) is 5.75 Å². The number of benzene rings is 1. The minimum atomic E-state index is -0.210. The van der Waals surface area contributed by atoms with Gasteiger partial charge < -0.3 is 19.9 Å². The van der Waals surface area contributed by atoms with Crippen molar-refractivity contribution in [1.82, 2.24) is 15.8 Å². The summed E-state index contributed by atoms with van der Waals surface area (Å²) in [5.41, 5.74) is 2.83. The minimum absolute atomic E-state index is 0.153. The van der Waals surface area contributed by atoms with E-state index >= 15 is 0 Å². The van der Waals surface area contributed by atoms with Crippen LogP contribution < -0.4 is 15.4 Å². The number of nitrogens with zero attached hydrogens (tertiary/aromatic N) is 1. The minimum Gasteiger partial charge on any atom is -0.493 e. The molecule has 1 unspecified atom stereocenters. The first-order valence-electron chi connectivity index (χ1n) is 8.14. The molecule has 2 rings (SSSR count). The molecule has 1 heterocycles. The second-order valence-electron chi connectivity index (χ2n) is 5.83. The van der Waals surface area contributed by atoms with E-state index in [2.05, 4.69) is 15.8 Å². The summed E-state index contributed by atoms with van der Waals surface area (Å²) in [4.78, 5) is 11.9. The number of urea groups is 1. The van der Waals surface area contributed by atoms with Gasteiger partial charge in [0.25, 0.3) is 0 Å². The largest absolute Gasteiger partial charge is 0.493 e. The Kier molecular flexibility index (Phi) is 6.23. The summed E-state index contributed by atoms with van der Waals surface area (Å²) in [5.74, 6) is 1.61. The third-order valence-corrected chi connectivity index (χ3v) is 3.83. The highest BCUT2D eigenvalue weighted by Crippen LogP contribution is 2.20. The number of amides is 2. The van der Waals surface area contributed by atoms with E-state index in [-0.39, 0.29) is 12.1 Å². The van der Waals surface area contributed by atoms with Gasteiger partial charge in [-0.15, -0.1) is 0 Å². The van der Waals surface area contributed by atoms with Gasteiger partial charge in [-0.1, -0.05) is 23.4 Å². The fourth-order valence-electron chi connectivity index (χ4n) is 2.60. The molecule has 24 heavy (non-hydrogen) atoms. The molecular formula is C18H25N3O3. The molecule has 130 valence electrons. The number of carbonyl (C=O) groups is 1. The van der Waals surface area contributed by atoms with Crippen LogP contribution in [0.3, 0.4) is 0 Å². The zero-order valence-corrected chi connectivity index (χ0v) is 14.7. The summed E-state index contributed by atoms with van der Waals surface area (Å²) in [6.45, 7) is 8.74. The summed E-state index contributed by atoms with van der Waals surface area (Å²) in [7, 11) is 0. The lowest BCUT2D eigenvalue weighted by Gasteiger charge is -2.14. The lowest BCUT2D eigenvalue weighted by atomic mass is 10.1. The van der Waals surface area contributed by atoms with Gasteiger partial charge in [0.2, 0.25) is 0 Å². The Morgan fingerprint density at radius 3 is 2.71 bits per heavy atom. The van der Waals surface area contributed by atoms with E-state index in [1.54, 1.807) is 0 Å². The molecule has 6 nitrogen and oxygen atoms in total. The van der Waals surface area contributed by atoms with Gasteiger partial charge in [-0.25, -0.2) is 4.79 Å². The number of aromatic nitrogens is 1. The van der Waals surface area contributed by atoms with Crippen molar-refractivity contribution in [2.24, 2.45) is 0 Å². The maximum Gasteiger partial charge on any atom is 0.315 e. The van der Waals surface area contributed by atoms with Crippen LogP contribution in [0, 0.1) is 20.8 Å². The first-order chi connectivity index (χ1) is 11.5. The monoisotopic (exact) mass is 331 g/mol. The Balaban J connectivity index is 1.67. The molecule has 0 aliphatic carbocycles. The van der Waals surface area contributed by atoms with Gasteiger partial charge in [0, 0.05) is 12.1 Å². The van der Waals surface area contributed by atoms with Crippen LogP contribution in [0.5, 0.6) is 5.75 Å². The maximum atomic E-state index is 11.9. The number of rotatable bonds is 7. The Labute approximate surface area is 142 Å². The van der Waals surface area contributed by atoms with Gasteiger partial charge in [0.05, 0.1) is 18.3 Å². The highest BCUT2D eigenvalue weighted by atomic mass is 16.5. The van der Waals surface area contributed by atoms with Crippen molar-refractivity contribution in [2.75, 3.05) is 13.2 Å². The molecule has 0 saturated carbocycles. The number of carbonyl (C=O) groups excluding carboxylic acids is 1. The van der Waals surface area contributed by atoms with E-state index in [4.69, 9.17) is 9.26 Å². The van der Waals surface area contributed by atoms with Gasteiger partial charge in [-0.3, -0.25) is 0 Å². The molecule has 2 aromatic rings. The van der Waals surface area contributed by atoms with Gasteiger partial charge in [0.15, 0.2) is 0 Å². The van der Waals surface area contributed by atoms with Crippen molar-refractivity contribution < 1.29 is 14.1 Å². The Bertz CT molecular complexity index is 662. The van der Waals surface area contributed by atoms with Crippen LogP contribution >= 0.6 is 0 Å². The van der Waals surface area contributed by atoms with E-state index in [1.165, 1.54) is 0 Å². The molecule has 2 N–H and O–H groups in total. The second kappa shape index (κ2) is 8.38. The highest BCUT2D eigenvalue weighted by Gasteiger charge is 2.17. The van der Waals surface area contributed by atoms with Crippen LogP contribution in [-0.4, -0.2) is 24.3 Å². The molecule has 6 heteroatoms. The lowest BCUT2D eigenvalue weighted by molar-refractivity contribution is 0.236. The van der Waals surface area contributed by atoms with Crippen LogP contribution in [0.25, 0.3) is 0 Å². The number of ether oxygens (including phenoxy) is 1. The van der Waals surface area contributed by atoms with Gasteiger partial charge in [-0.05, 0) is 45.7 Å². The van der Waals surface area contributed by atoms with Crippen molar-refractivity contribution in [2.45, 2.75) is 40.2 Å². The topological polar surface area (TPSA) is 76.4 Å². The first kappa shape index (κ1) is 17.8. The summed E-state index contributed by atoms with van der Waals surface area (Å²) in [5, 5.41) is 9.63. The van der Waals surface area contributed by atoms with E-state index in [9.17, 15) is 4.79 Å². The Morgan fingerprint density at radius 1 is 1.29 bits per heavy atom. The fraction of sp³-hybridized carbons (Fsp3) is 0.444. The molecule has 0 spiro atoms. The summed E-state index contributed by atoms with van der Waals surface area (Å²) < 4.78 is 10.8. The van der Waals surface area contributed by atoms with E-state index in [0.29, 0.717) is 13.2 Å². The summed E-state index contributed by atoms with van der Waals surface area (Å²) >= 11 is 0. The standard InChI is InChI=1S/C18H25N3O3/c1-12-8-5-6-9-16(12)23-11-7-10-19-18(22)20-13(2)17-14(3)21-24-15(17)4/h5-6,8-9,13H,7,10-11H2,1-4H3,(H2,19,20,22). The number of hydrogen-bond acceptors (Lipinski definition) is 4. The van der Waals surface area contributed by atoms with Crippen LogP contribution in [0.15, 0.2) is 28.8 Å².